The lowest BCUT2D eigenvalue weighted by Crippen LogP contribution is -2.26. The lowest BCUT2D eigenvalue weighted by molar-refractivity contribution is -0.117. The zero-order valence-electron chi connectivity index (χ0n) is 12.5. The van der Waals surface area contributed by atoms with Crippen LogP contribution in [0.5, 0.6) is 0 Å². The highest BCUT2D eigenvalue weighted by Crippen LogP contribution is 2.09. The van der Waals surface area contributed by atoms with Gasteiger partial charge in [0.2, 0.25) is 0 Å². The highest BCUT2D eigenvalue weighted by molar-refractivity contribution is 6.01. The topological polar surface area (TPSA) is 76.7 Å². The molecule has 0 aromatic heterocycles. The summed E-state index contributed by atoms with van der Waals surface area (Å²) < 4.78 is 0. The number of nitriles is 2. The Kier molecular flexibility index (Phi) is 5.68. The van der Waals surface area contributed by atoms with Crippen molar-refractivity contribution >= 4 is 12.0 Å². The Balaban J connectivity index is 1.96. The van der Waals surface area contributed by atoms with Crippen LogP contribution in [0.2, 0.25) is 0 Å². The van der Waals surface area contributed by atoms with Gasteiger partial charge in [0.25, 0.3) is 5.91 Å². The number of nitrogens with zero attached hydrogens (tertiary/aromatic N) is 2. The van der Waals surface area contributed by atoms with Gasteiger partial charge in [-0.25, -0.2) is 0 Å². The van der Waals surface area contributed by atoms with Gasteiger partial charge in [-0.3, -0.25) is 4.79 Å². The van der Waals surface area contributed by atoms with Gasteiger partial charge in [0.1, 0.15) is 11.6 Å². The molecule has 0 unspecified atom stereocenters. The number of hydrogen-bond acceptors (Lipinski definition) is 3. The minimum absolute atomic E-state index is 0.0442. The van der Waals surface area contributed by atoms with Gasteiger partial charge >= 0.3 is 0 Å². The van der Waals surface area contributed by atoms with E-state index < -0.39 is 5.91 Å². The molecule has 112 valence electrons. The first kappa shape index (κ1) is 16.0. The normalized spacial score (nSPS) is 10.4. The molecule has 0 heterocycles. The molecule has 0 aliphatic heterocycles. The average molecular weight is 301 g/mol. The summed E-state index contributed by atoms with van der Waals surface area (Å²) in [4.78, 5) is 12.0. The van der Waals surface area contributed by atoms with Gasteiger partial charge in [-0.05, 0) is 35.8 Å². The SMILES string of the molecule is N#C/C(=C\c1ccc(C#N)cc1)C(=O)NCCc1ccccc1. The van der Waals surface area contributed by atoms with Crippen LogP contribution in [-0.4, -0.2) is 12.5 Å². The summed E-state index contributed by atoms with van der Waals surface area (Å²) in [5.41, 5.74) is 2.41. The van der Waals surface area contributed by atoms with Crippen LogP contribution in [0.25, 0.3) is 6.08 Å². The first-order chi connectivity index (χ1) is 11.2. The van der Waals surface area contributed by atoms with E-state index in [-0.39, 0.29) is 5.57 Å². The maximum Gasteiger partial charge on any atom is 0.261 e. The van der Waals surface area contributed by atoms with Crippen LogP contribution in [0.4, 0.5) is 0 Å². The smallest absolute Gasteiger partial charge is 0.261 e. The van der Waals surface area contributed by atoms with Crippen LogP contribution in [0.3, 0.4) is 0 Å². The van der Waals surface area contributed by atoms with Crippen LogP contribution < -0.4 is 5.32 Å². The molecular weight excluding hydrogens is 286 g/mol. The van der Waals surface area contributed by atoms with Crippen LogP contribution in [-0.2, 0) is 11.2 Å². The number of nitrogens with one attached hydrogen (secondary N) is 1. The largest absolute Gasteiger partial charge is 0.351 e. The molecule has 2 rings (SSSR count). The first-order valence-corrected chi connectivity index (χ1v) is 7.17. The van der Waals surface area contributed by atoms with Crippen molar-refractivity contribution in [1.29, 1.82) is 10.5 Å². The molecule has 23 heavy (non-hydrogen) atoms. The standard InChI is InChI=1S/C19H15N3O/c20-13-17-8-6-16(7-9-17)12-18(14-21)19(23)22-11-10-15-4-2-1-3-5-15/h1-9,12H,10-11H2,(H,22,23)/b18-12+. The molecule has 4 nitrogen and oxygen atoms in total. The Morgan fingerprint density at radius 2 is 1.74 bits per heavy atom. The Morgan fingerprint density at radius 3 is 2.35 bits per heavy atom. The minimum atomic E-state index is -0.396. The minimum Gasteiger partial charge on any atom is -0.351 e. The Morgan fingerprint density at radius 1 is 1.04 bits per heavy atom. The molecule has 0 atom stereocenters. The number of rotatable bonds is 5. The summed E-state index contributed by atoms with van der Waals surface area (Å²) in [5.74, 6) is -0.396. The zero-order valence-corrected chi connectivity index (χ0v) is 12.5. The van der Waals surface area contributed by atoms with E-state index in [0.29, 0.717) is 24.1 Å². The third-order valence-electron chi connectivity index (χ3n) is 3.26. The Bertz CT molecular complexity index is 778. The molecule has 2 aromatic rings. The van der Waals surface area contributed by atoms with E-state index in [0.717, 1.165) is 5.56 Å². The van der Waals surface area contributed by atoms with Gasteiger partial charge in [0, 0.05) is 6.54 Å². The fourth-order valence-electron chi connectivity index (χ4n) is 2.03. The quantitative estimate of drug-likeness (QED) is 0.681. The molecule has 0 spiro atoms. The summed E-state index contributed by atoms with van der Waals surface area (Å²) in [6.45, 7) is 0.467. The zero-order chi connectivity index (χ0) is 16.5. The maximum atomic E-state index is 12.0. The van der Waals surface area contributed by atoms with E-state index in [1.54, 1.807) is 24.3 Å². The van der Waals surface area contributed by atoms with Crippen molar-refractivity contribution in [3.05, 3.63) is 76.9 Å². The lowest BCUT2D eigenvalue weighted by atomic mass is 10.1. The number of hydrogen-bond donors (Lipinski definition) is 1. The number of benzene rings is 2. The third kappa shape index (κ3) is 4.84. The van der Waals surface area contributed by atoms with Gasteiger partial charge < -0.3 is 5.32 Å². The van der Waals surface area contributed by atoms with E-state index in [9.17, 15) is 4.79 Å². The second-order valence-corrected chi connectivity index (χ2v) is 4.90. The predicted octanol–water partition coefficient (Wildman–Crippen LogP) is 2.82. The molecule has 2 aromatic carbocycles. The van der Waals surface area contributed by atoms with E-state index in [1.165, 1.54) is 6.08 Å². The van der Waals surface area contributed by atoms with Gasteiger partial charge in [0.05, 0.1) is 11.6 Å². The van der Waals surface area contributed by atoms with Crippen molar-refractivity contribution in [2.75, 3.05) is 6.54 Å². The van der Waals surface area contributed by atoms with Crippen molar-refractivity contribution in [3.8, 4) is 12.1 Å². The second kappa shape index (κ2) is 8.17. The first-order valence-electron chi connectivity index (χ1n) is 7.17. The van der Waals surface area contributed by atoms with Crippen molar-refractivity contribution in [2.24, 2.45) is 0 Å². The van der Waals surface area contributed by atoms with E-state index >= 15 is 0 Å². The summed E-state index contributed by atoms with van der Waals surface area (Å²) in [5, 5.41) is 20.6. The van der Waals surface area contributed by atoms with Gasteiger partial charge in [-0.2, -0.15) is 10.5 Å². The van der Waals surface area contributed by atoms with Crippen LogP contribution in [0.15, 0.2) is 60.2 Å². The summed E-state index contributed by atoms with van der Waals surface area (Å²) >= 11 is 0. The highest BCUT2D eigenvalue weighted by atomic mass is 16.1. The van der Waals surface area contributed by atoms with E-state index in [4.69, 9.17) is 10.5 Å². The second-order valence-electron chi connectivity index (χ2n) is 4.90. The van der Waals surface area contributed by atoms with Crippen LogP contribution >= 0.6 is 0 Å². The van der Waals surface area contributed by atoms with Gasteiger partial charge in [-0.1, -0.05) is 42.5 Å². The molecule has 1 amide bonds. The Labute approximate surface area is 135 Å². The average Bonchev–Trinajstić information content (AvgIpc) is 2.61. The number of amides is 1. The summed E-state index contributed by atoms with van der Waals surface area (Å²) in [6.07, 6.45) is 2.22. The molecule has 0 bridgehead atoms. The molecule has 0 aliphatic rings. The molecular formula is C19H15N3O. The van der Waals surface area contributed by atoms with Crippen LogP contribution in [0, 0.1) is 22.7 Å². The number of carbonyl (C=O) groups is 1. The monoisotopic (exact) mass is 301 g/mol. The van der Waals surface area contributed by atoms with Gasteiger partial charge in [-0.15, -0.1) is 0 Å². The van der Waals surface area contributed by atoms with E-state index in [1.807, 2.05) is 42.5 Å². The number of carbonyl (C=O) groups excluding carboxylic acids is 1. The molecule has 0 saturated heterocycles. The molecule has 0 fully saturated rings. The predicted molar refractivity (Wildman–Crippen MR) is 87.9 cm³/mol. The molecule has 0 aliphatic carbocycles. The lowest BCUT2D eigenvalue weighted by Gasteiger charge is -2.04. The maximum absolute atomic E-state index is 12.0. The summed E-state index contributed by atoms with van der Waals surface area (Å²) in [7, 11) is 0. The van der Waals surface area contributed by atoms with Crippen molar-refractivity contribution in [1.82, 2.24) is 5.32 Å². The third-order valence-corrected chi connectivity index (χ3v) is 3.26. The van der Waals surface area contributed by atoms with Crippen molar-refractivity contribution < 1.29 is 4.79 Å². The molecule has 4 heteroatoms. The molecule has 0 radical (unpaired) electrons. The Hall–Kier alpha value is -3.37. The molecule has 0 saturated carbocycles. The highest BCUT2D eigenvalue weighted by Gasteiger charge is 2.08. The fourth-order valence-corrected chi connectivity index (χ4v) is 2.03. The van der Waals surface area contributed by atoms with Crippen LogP contribution in [0.1, 0.15) is 16.7 Å². The van der Waals surface area contributed by atoms with E-state index in [2.05, 4.69) is 5.32 Å². The summed E-state index contributed by atoms with van der Waals surface area (Å²) in [6, 6.07) is 20.4. The fraction of sp³-hybridized carbons (Fsp3) is 0.105. The van der Waals surface area contributed by atoms with Crippen molar-refractivity contribution in [3.63, 3.8) is 0 Å². The molecule has 1 N–H and O–H groups in total. The van der Waals surface area contributed by atoms with Crippen molar-refractivity contribution in [2.45, 2.75) is 6.42 Å². The van der Waals surface area contributed by atoms with Gasteiger partial charge in [0.15, 0.2) is 0 Å².